The van der Waals surface area contributed by atoms with Crippen LogP contribution in [-0.2, 0) is 0 Å². The van der Waals surface area contributed by atoms with Gasteiger partial charge in [-0.1, -0.05) is 6.08 Å². The van der Waals surface area contributed by atoms with Crippen LogP contribution in [0.3, 0.4) is 0 Å². The van der Waals surface area contributed by atoms with Crippen molar-refractivity contribution in [2.75, 3.05) is 0 Å². The molecule has 0 amide bonds. The molecule has 0 unspecified atom stereocenters. The Kier molecular flexibility index (Phi) is 0.974. The van der Waals surface area contributed by atoms with Gasteiger partial charge in [0.1, 0.15) is 0 Å². The third-order valence-electron chi connectivity index (χ3n) is 2.51. The minimum absolute atomic E-state index is 0.117. The number of hydrogen-bond acceptors (Lipinski definition) is 1. The second-order valence-corrected chi connectivity index (χ2v) is 3.32. The van der Waals surface area contributed by atoms with E-state index in [4.69, 9.17) is 0 Å². The second-order valence-electron chi connectivity index (χ2n) is 3.32. The molecule has 1 heteroatoms. The van der Waals surface area contributed by atoms with E-state index >= 15 is 0 Å². The SMILES string of the molecule is CC1=C[C@@H]2C[C@@H]2C[C@@H]1O. The molecule has 0 aromatic rings. The van der Waals surface area contributed by atoms with Crippen LogP contribution in [0.25, 0.3) is 0 Å². The van der Waals surface area contributed by atoms with Gasteiger partial charge in [0, 0.05) is 0 Å². The van der Waals surface area contributed by atoms with E-state index in [1.54, 1.807) is 0 Å². The summed E-state index contributed by atoms with van der Waals surface area (Å²) in [6.45, 7) is 2.03. The summed E-state index contributed by atoms with van der Waals surface area (Å²) in [6.07, 6.45) is 4.47. The van der Waals surface area contributed by atoms with Crippen LogP contribution in [0.15, 0.2) is 11.6 Å². The van der Waals surface area contributed by atoms with Crippen LogP contribution in [0.5, 0.6) is 0 Å². The molecule has 0 aliphatic heterocycles. The zero-order valence-corrected chi connectivity index (χ0v) is 5.67. The van der Waals surface area contributed by atoms with Gasteiger partial charge in [-0.25, -0.2) is 0 Å². The molecule has 1 N–H and O–H groups in total. The van der Waals surface area contributed by atoms with Gasteiger partial charge in [0.2, 0.25) is 0 Å². The number of hydrogen-bond donors (Lipinski definition) is 1. The third-order valence-corrected chi connectivity index (χ3v) is 2.51. The molecule has 50 valence electrons. The first-order chi connectivity index (χ1) is 4.27. The lowest BCUT2D eigenvalue weighted by atomic mass is 9.98. The average Bonchev–Trinajstić information content (AvgIpc) is 2.46. The zero-order valence-electron chi connectivity index (χ0n) is 5.67. The van der Waals surface area contributed by atoms with Gasteiger partial charge in [-0.3, -0.25) is 0 Å². The standard InChI is InChI=1S/C8H12O/c1-5-2-6-3-7(6)4-8(5)9/h2,6-9H,3-4H2,1H3/t6-,7-,8+/m1/s1. The van der Waals surface area contributed by atoms with Crippen molar-refractivity contribution in [2.24, 2.45) is 11.8 Å². The average molecular weight is 124 g/mol. The second kappa shape index (κ2) is 1.60. The van der Waals surface area contributed by atoms with Gasteiger partial charge < -0.3 is 5.11 Å². The topological polar surface area (TPSA) is 20.2 Å². The minimum Gasteiger partial charge on any atom is -0.389 e. The molecular weight excluding hydrogens is 112 g/mol. The summed E-state index contributed by atoms with van der Waals surface area (Å²) in [5.74, 6) is 1.68. The molecular formula is C8H12O. The van der Waals surface area contributed by atoms with Gasteiger partial charge in [-0.2, -0.15) is 0 Å². The summed E-state index contributed by atoms with van der Waals surface area (Å²) in [6, 6.07) is 0. The van der Waals surface area contributed by atoms with Gasteiger partial charge in [0.05, 0.1) is 6.10 Å². The molecule has 9 heavy (non-hydrogen) atoms. The molecule has 1 saturated carbocycles. The van der Waals surface area contributed by atoms with Gasteiger partial charge in [0.25, 0.3) is 0 Å². The Balaban J connectivity index is 2.18. The number of rotatable bonds is 0. The Morgan fingerprint density at radius 1 is 1.56 bits per heavy atom. The van der Waals surface area contributed by atoms with Crippen LogP contribution in [0.2, 0.25) is 0 Å². The van der Waals surface area contributed by atoms with E-state index in [1.165, 1.54) is 12.0 Å². The first-order valence-electron chi connectivity index (χ1n) is 3.64. The summed E-state index contributed by atoms with van der Waals surface area (Å²) >= 11 is 0. The number of aliphatic hydroxyl groups is 1. The molecule has 1 nitrogen and oxygen atoms in total. The lowest BCUT2D eigenvalue weighted by Gasteiger charge is -2.14. The summed E-state index contributed by atoms with van der Waals surface area (Å²) in [4.78, 5) is 0. The summed E-state index contributed by atoms with van der Waals surface area (Å²) in [5, 5.41) is 9.31. The molecule has 0 radical (unpaired) electrons. The lowest BCUT2D eigenvalue weighted by molar-refractivity contribution is 0.186. The van der Waals surface area contributed by atoms with Crippen molar-refractivity contribution in [3.8, 4) is 0 Å². The van der Waals surface area contributed by atoms with Crippen molar-refractivity contribution in [1.29, 1.82) is 0 Å². The van der Waals surface area contributed by atoms with Crippen LogP contribution >= 0.6 is 0 Å². The molecule has 2 rings (SSSR count). The van der Waals surface area contributed by atoms with Gasteiger partial charge in [-0.15, -0.1) is 0 Å². The van der Waals surface area contributed by atoms with Crippen LogP contribution in [0, 0.1) is 11.8 Å². The Hall–Kier alpha value is -0.300. The molecule has 0 heterocycles. The van der Waals surface area contributed by atoms with E-state index < -0.39 is 0 Å². The van der Waals surface area contributed by atoms with Gasteiger partial charge in [-0.05, 0) is 37.2 Å². The first kappa shape index (κ1) is 5.48. The van der Waals surface area contributed by atoms with Crippen molar-refractivity contribution >= 4 is 0 Å². The fourth-order valence-corrected chi connectivity index (χ4v) is 1.67. The molecule has 0 bridgehead atoms. The third kappa shape index (κ3) is 0.799. The summed E-state index contributed by atoms with van der Waals surface area (Å²) in [7, 11) is 0. The van der Waals surface area contributed by atoms with Crippen LogP contribution in [0.1, 0.15) is 19.8 Å². The van der Waals surface area contributed by atoms with Gasteiger partial charge >= 0.3 is 0 Å². The molecule has 2 aliphatic carbocycles. The largest absolute Gasteiger partial charge is 0.389 e. The first-order valence-corrected chi connectivity index (χ1v) is 3.64. The summed E-state index contributed by atoms with van der Waals surface area (Å²) < 4.78 is 0. The molecule has 3 atom stereocenters. The fourth-order valence-electron chi connectivity index (χ4n) is 1.67. The number of fused-ring (bicyclic) bond motifs is 1. The zero-order chi connectivity index (χ0) is 6.43. The maximum atomic E-state index is 9.31. The fraction of sp³-hybridized carbons (Fsp3) is 0.750. The monoisotopic (exact) mass is 124 g/mol. The highest BCUT2D eigenvalue weighted by Gasteiger charge is 2.40. The van der Waals surface area contributed by atoms with E-state index in [0.29, 0.717) is 0 Å². The smallest absolute Gasteiger partial charge is 0.0750 e. The van der Waals surface area contributed by atoms with Gasteiger partial charge in [0.15, 0.2) is 0 Å². The predicted molar refractivity (Wildman–Crippen MR) is 36.0 cm³/mol. The van der Waals surface area contributed by atoms with Crippen molar-refractivity contribution in [3.63, 3.8) is 0 Å². The Labute approximate surface area is 55.4 Å². The van der Waals surface area contributed by atoms with Crippen molar-refractivity contribution < 1.29 is 5.11 Å². The quantitative estimate of drug-likeness (QED) is 0.483. The Bertz CT molecular complexity index is 160. The van der Waals surface area contributed by atoms with Crippen LogP contribution in [0.4, 0.5) is 0 Å². The maximum Gasteiger partial charge on any atom is 0.0750 e. The molecule has 0 spiro atoms. The van der Waals surface area contributed by atoms with E-state index in [-0.39, 0.29) is 6.10 Å². The molecule has 2 aliphatic rings. The van der Waals surface area contributed by atoms with Crippen LogP contribution in [-0.4, -0.2) is 11.2 Å². The summed E-state index contributed by atoms with van der Waals surface area (Å²) in [5.41, 5.74) is 1.19. The van der Waals surface area contributed by atoms with Crippen molar-refractivity contribution in [2.45, 2.75) is 25.9 Å². The van der Waals surface area contributed by atoms with Crippen LogP contribution < -0.4 is 0 Å². The van der Waals surface area contributed by atoms with E-state index in [9.17, 15) is 5.11 Å². The van der Waals surface area contributed by atoms with Crippen molar-refractivity contribution in [3.05, 3.63) is 11.6 Å². The molecule has 0 aromatic heterocycles. The van der Waals surface area contributed by atoms with E-state index in [0.717, 1.165) is 18.3 Å². The molecule has 0 saturated heterocycles. The predicted octanol–water partition coefficient (Wildman–Crippen LogP) is 1.33. The van der Waals surface area contributed by atoms with E-state index in [1.807, 2.05) is 6.92 Å². The highest BCUT2D eigenvalue weighted by Crippen LogP contribution is 2.47. The highest BCUT2D eigenvalue weighted by atomic mass is 16.3. The lowest BCUT2D eigenvalue weighted by Crippen LogP contribution is -2.12. The Morgan fingerprint density at radius 2 is 2.33 bits per heavy atom. The molecule has 1 fully saturated rings. The maximum absolute atomic E-state index is 9.31. The number of aliphatic hydroxyl groups excluding tert-OH is 1. The van der Waals surface area contributed by atoms with E-state index in [2.05, 4.69) is 6.08 Å². The number of allylic oxidation sites excluding steroid dienone is 1. The highest BCUT2D eigenvalue weighted by molar-refractivity contribution is 5.18. The van der Waals surface area contributed by atoms with Crippen molar-refractivity contribution in [1.82, 2.24) is 0 Å². The normalized spacial score (nSPS) is 47.8. The Morgan fingerprint density at radius 3 is 3.00 bits per heavy atom. The molecule has 0 aromatic carbocycles. The minimum atomic E-state index is -0.117.